The predicted octanol–water partition coefficient (Wildman–Crippen LogP) is 1.74. The number of hydrogen-bond donors (Lipinski definition) is 1. The number of rotatable bonds is 5. The van der Waals surface area contributed by atoms with E-state index in [2.05, 4.69) is 12.2 Å². The van der Waals surface area contributed by atoms with Crippen molar-refractivity contribution in [1.82, 2.24) is 5.32 Å². The first-order valence-electron chi connectivity index (χ1n) is 7.16. The summed E-state index contributed by atoms with van der Waals surface area (Å²) in [7, 11) is 3.26. The van der Waals surface area contributed by atoms with Crippen LogP contribution in [0.25, 0.3) is 0 Å². The van der Waals surface area contributed by atoms with Crippen molar-refractivity contribution in [2.45, 2.75) is 19.3 Å². The number of esters is 1. The summed E-state index contributed by atoms with van der Waals surface area (Å²) in [5.41, 5.74) is 0.582. The third-order valence-electron chi connectivity index (χ3n) is 4.20. The normalized spacial score (nSPS) is 24.7. The van der Waals surface area contributed by atoms with Gasteiger partial charge in [0.2, 0.25) is 0 Å². The van der Waals surface area contributed by atoms with Gasteiger partial charge in [-0.25, -0.2) is 0 Å². The lowest BCUT2D eigenvalue weighted by molar-refractivity contribution is -0.149. The number of carbonyl (C=O) groups excluding carboxylic acids is 1. The van der Waals surface area contributed by atoms with E-state index in [-0.39, 0.29) is 17.3 Å². The summed E-state index contributed by atoms with van der Waals surface area (Å²) in [6, 6.07) is 5.67. The van der Waals surface area contributed by atoms with E-state index in [0.717, 1.165) is 17.1 Å². The monoisotopic (exact) mass is 293 g/mol. The average molecular weight is 293 g/mol. The highest BCUT2D eigenvalue weighted by Crippen LogP contribution is 2.42. The van der Waals surface area contributed by atoms with Crippen LogP contribution >= 0.6 is 0 Å². The van der Waals surface area contributed by atoms with Crippen LogP contribution in [-0.4, -0.2) is 39.9 Å². The highest BCUT2D eigenvalue weighted by Gasteiger charge is 2.47. The van der Waals surface area contributed by atoms with Crippen LogP contribution in [0.1, 0.15) is 19.4 Å². The van der Waals surface area contributed by atoms with E-state index in [0.29, 0.717) is 19.7 Å². The zero-order valence-corrected chi connectivity index (χ0v) is 13.1. The van der Waals surface area contributed by atoms with E-state index in [1.807, 2.05) is 25.1 Å². The predicted molar refractivity (Wildman–Crippen MR) is 79.9 cm³/mol. The fraction of sp³-hybridized carbons (Fsp3) is 0.562. The highest BCUT2D eigenvalue weighted by atomic mass is 16.5. The second-order valence-electron chi connectivity index (χ2n) is 5.42. The van der Waals surface area contributed by atoms with E-state index in [1.54, 1.807) is 14.2 Å². The van der Waals surface area contributed by atoms with E-state index < -0.39 is 0 Å². The summed E-state index contributed by atoms with van der Waals surface area (Å²) in [6.07, 6.45) is 0. The molecule has 0 radical (unpaired) electrons. The SMILES string of the molecule is CCOC(=O)C1CNCC1(C)c1cc(OC)ccc1OC. The van der Waals surface area contributed by atoms with Gasteiger partial charge in [-0.15, -0.1) is 0 Å². The summed E-state index contributed by atoms with van der Waals surface area (Å²) in [6.45, 7) is 5.58. The highest BCUT2D eigenvalue weighted by molar-refractivity contribution is 5.76. The van der Waals surface area contributed by atoms with Gasteiger partial charge >= 0.3 is 5.97 Å². The molecule has 21 heavy (non-hydrogen) atoms. The molecule has 1 aliphatic heterocycles. The van der Waals surface area contributed by atoms with Gasteiger partial charge in [0.1, 0.15) is 11.5 Å². The van der Waals surface area contributed by atoms with Crippen LogP contribution in [0.2, 0.25) is 0 Å². The van der Waals surface area contributed by atoms with Crippen molar-refractivity contribution in [3.8, 4) is 11.5 Å². The maximum atomic E-state index is 12.3. The molecule has 1 aliphatic rings. The molecular formula is C16H23NO4. The Labute approximate surface area is 125 Å². The standard InChI is InChI=1S/C16H23NO4/c1-5-21-15(18)13-9-17-10-16(13,2)12-8-11(19-3)6-7-14(12)20-4/h6-8,13,17H,5,9-10H2,1-4H3. The third-order valence-corrected chi connectivity index (χ3v) is 4.20. The summed E-state index contributed by atoms with van der Waals surface area (Å²) in [5.74, 6) is 1.10. The molecule has 5 heteroatoms. The molecule has 0 bridgehead atoms. The third kappa shape index (κ3) is 2.83. The maximum absolute atomic E-state index is 12.3. The smallest absolute Gasteiger partial charge is 0.311 e. The molecule has 0 aliphatic carbocycles. The molecule has 2 atom stereocenters. The molecule has 2 rings (SSSR count). The molecule has 1 aromatic rings. The van der Waals surface area contributed by atoms with Crippen molar-refractivity contribution >= 4 is 5.97 Å². The Hall–Kier alpha value is -1.75. The molecule has 1 aromatic carbocycles. The molecule has 0 amide bonds. The van der Waals surface area contributed by atoms with Gasteiger partial charge in [0.05, 0.1) is 26.7 Å². The summed E-state index contributed by atoms with van der Waals surface area (Å²) < 4.78 is 16.0. The topological polar surface area (TPSA) is 56.8 Å². The zero-order chi connectivity index (χ0) is 15.5. The van der Waals surface area contributed by atoms with Crippen molar-refractivity contribution in [2.75, 3.05) is 33.9 Å². The fourth-order valence-electron chi connectivity index (χ4n) is 2.95. The first-order valence-corrected chi connectivity index (χ1v) is 7.16. The molecule has 1 N–H and O–H groups in total. The number of nitrogens with one attached hydrogen (secondary N) is 1. The average Bonchev–Trinajstić information content (AvgIpc) is 2.90. The van der Waals surface area contributed by atoms with Crippen LogP contribution in [0, 0.1) is 5.92 Å². The van der Waals surface area contributed by atoms with E-state index in [9.17, 15) is 4.79 Å². The van der Waals surface area contributed by atoms with Crippen LogP contribution in [0.4, 0.5) is 0 Å². The number of ether oxygens (including phenoxy) is 3. The van der Waals surface area contributed by atoms with Crippen molar-refractivity contribution in [3.63, 3.8) is 0 Å². The zero-order valence-electron chi connectivity index (χ0n) is 13.1. The Morgan fingerprint density at radius 3 is 2.76 bits per heavy atom. The van der Waals surface area contributed by atoms with Gasteiger partial charge in [-0.1, -0.05) is 6.92 Å². The first-order chi connectivity index (χ1) is 10.1. The van der Waals surface area contributed by atoms with E-state index >= 15 is 0 Å². The van der Waals surface area contributed by atoms with Gasteiger partial charge in [0.15, 0.2) is 0 Å². The van der Waals surface area contributed by atoms with Crippen molar-refractivity contribution < 1.29 is 19.0 Å². The molecule has 1 saturated heterocycles. The van der Waals surface area contributed by atoms with Crippen LogP contribution in [0.15, 0.2) is 18.2 Å². The molecule has 0 spiro atoms. The minimum absolute atomic E-state index is 0.171. The molecule has 2 unspecified atom stereocenters. The molecule has 1 fully saturated rings. The van der Waals surface area contributed by atoms with Crippen LogP contribution in [0.3, 0.4) is 0 Å². The van der Waals surface area contributed by atoms with Crippen LogP contribution in [-0.2, 0) is 14.9 Å². The quantitative estimate of drug-likeness (QED) is 0.838. The number of carbonyl (C=O) groups is 1. The summed E-state index contributed by atoms with van der Waals surface area (Å²) in [5, 5.41) is 3.29. The fourth-order valence-corrected chi connectivity index (χ4v) is 2.95. The lowest BCUT2D eigenvalue weighted by Crippen LogP contribution is -2.37. The maximum Gasteiger partial charge on any atom is 0.311 e. The Morgan fingerprint density at radius 2 is 2.14 bits per heavy atom. The van der Waals surface area contributed by atoms with Crippen molar-refractivity contribution in [3.05, 3.63) is 23.8 Å². The molecule has 0 aromatic heterocycles. The van der Waals surface area contributed by atoms with Gasteiger partial charge < -0.3 is 19.5 Å². The first kappa shape index (κ1) is 15.6. The Bertz CT molecular complexity index is 517. The van der Waals surface area contributed by atoms with E-state index in [1.165, 1.54) is 0 Å². The summed E-state index contributed by atoms with van der Waals surface area (Å²) in [4.78, 5) is 12.3. The minimum atomic E-state index is -0.383. The van der Waals surface area contributed by atoms with Gasteiger partial charge in [0, 0.05) is 24.1 Å². The molecule has 1 heterocycles. The van der Waals surface area contributed by atoms with Crippen LogP contribution < -0.4 is 14.8 Å². The lowest BCUT2D eigenvalue weighted by Gasteiger charge is -2.31. The van der Waals surface area contributed by atoms with Gasteiger partial charge in [-0.3, -0.25) is 4.79 Å². The summed E-state index contributed by atoms with van der Waals surface area (Å²) >= 11 is 0. The number of hydrogen-bond acceptors (Lipinski definition) is 5. The minimum Gasteiger partial charge on any atom is -0.497 e. The van der Waals surface area contributed by atoms with Gasteiger partial charge in [-0.05, 0) is 25.1 Å². The second kappa shape index (κ2) is 6.35. The Kier molecular flexibility index (Phi) is 4.73. The molecule has 5 nitrogen and oxygen atoms in total. The van der Waals surface area contributed by atoms with E-state index in [4.69, 9.17) is 14.2 Å². The lowest BCUT2D eigenvalue weighted by atomic mass is 9.73. The molecular weight excluding hydrogens is 270 g/mol. The van der Waals surface area contributed by atoms with Crippen LogP contribution in [0.5, 0.6) is 11.5 Å². The Balaban J connectivity index is 2.44. The number of methoxy groups -OCH3 is 2. The number of benzene rings is 1. The Morgan fingerprint density at radius 1 is 1.38 bits per heavy atom. The van der Waals surface area contributed by atoms with Gasteiger partial charge in [-0.2, -0.15) is 0 Å². The van der Waals surface area contributed by atoms with Gasteiger partial charge in [0.25, 0.3) is 0 Å². The molecule has 0 saturated carbocycles. The van der Waals surface area contributed by atoms with Crippen molar-refractivity contribution in [2.24, 2.45) is 5.92 Å². The molecule has 116 valence electrons. The van der Waals surface area contributed by atoms with Crippen molar-refractivity contribution in [1.29, 1.82) is 0 Å². The second-order valence-corrected chi connectivity index (χ2v) is 5.42. The largest absolute Gasteiger partial charge is 0.497 e.